The first-order chi connectivity index (χ1) is 20.1. The molecule has 0 fully saturated rings. The monoisotopic (exact) mass is 527 g/mol. The van der Waals surface area contributed by atoms with Gasteiger partial charge < -0.3 is 5.73 Å². The van der Waals surface area contributed by atoms with Crippen molar-refractivity contribution in [2.24, 2.45) is 5.73 Å². The first-order valence-corrected chi connectivity index (χ1v) is 14.1. The van der Waals surface area contributed by atoms with Crippen LogP contribution in [0.2, 0.25) is 0 Å². The Kier molecular flexibility index (Phi) is 7.10. The van der Waals surface area contributed by atoms with Crippen molar-refractivity contribution in [2.45, 2.75) is 13.8 Å². The molecule has 6 aromatic rings. The van der Waals surface area contributed by atoms with Gasteiger partial charge in [-0.05, 0) is 91.2 Å². The van der Waals surface area contributed by atoms with Gasteiger partial charge in [0.1, 0.15) is 0 Å². The number of hydrogen-bond acceptors (Lipinski definition) is 1. The Morgan fingerprint density at radius 2 is 1.12 bits per heavy atom. The normalized spacial score (nSPS) is 12.8. The fourth-order valence-corrected chi connectivity index (χ4v) is 5.99. The summed E-state index contributed by atoms with van der Waals surface area (Å²) in [6, 6.07) is 41.8. The summed E-state index contributed by atoms with van der Waals surface area (Å²) >= 11 is 0. The zero-order valence-electron chi connectivity index (χ0n) is 23.6. The smallest absolute Gasteiger partial charge is 0.0390 e. The third-order valence-electron chi connectivity index (χ3n) is 7.98. The van der Waals surface area contributed by atoms with Crippen LogP contribution in [0.5, 0.6) is 0 Å². The van der Waals surface area contributed by atoms with Crippen LogP contribution in [0.4, 0.5) is 0 Å². The molecule has 0 aliphatic rings. The van der Waals surface area contributed by atoms with E-state index in [0.717, 1.165) is 16.7 Å². The molecule has 0 radical (unpaired) electrons. The molecule has 0 aliphatic heterocycles. The molecule has 1 nitrogen and oxygen atoms in total. The van der Waals surface area contributed by atoms with Gasteiger partial charge in [-0.2, -0.15) is 0 Å². The molecule has 6 rings (SSSR count). The minimum Gasteiger partial charge on any atom is -0.398 e. The summed E-state index contributed by atoms with van der Waals surface area (Å²) in [5.41, 5.74) is 15.2. The zero-order valence-corrected chi connectivity index (χ0v) is 23.6. The Hall–Kier alpha value is -5.14. The topological polar surface area (TPSA) is 26.0 Å². The Morgan fingerprint density at radius 1 is 0.585 bits per heavy atom. The van der Waals surface area contributed by atoms with Crippen LogP contribution in [-0.4, -0.2) is 0 Å². The number of benzene rings is 6. The lowest BCUT2D eigenvalue weighted by Gasteiger charge is -2.19. The van der Waals surface area contributed by atoms with E-state index in [2.05, 4.69) is 128 Å². The number of rotatable bonds is 6. The first-order valence-electron chi connectivity index (χ1n) is 14.1. The van der Waals surface area contributed by atoms with Crippen LogP contribution < -0.4 is 5.73 Å². The van der Waals surface area contributed by atoms with Gasteiger partial charge in [-0.25, -0.2) is 0 Å². The maximum absolute atomic E-state index is 6.38. The van der Waals surface area contributed by atoms with Crippen LogP contribution in [-0.2, 0) is 0 Å². The van der Waals surface area contributed by atoms with Gasteiger partial charge in [-0.15, -0.1) is 0 Å². The van der Waals surface area contributed by atoms with Crippen molar-refractivity contribution in [2.75, 3.05) is 0 Å². The first kappa shape index (κ1) is 26.1. The largest absolute Gasteiger partial charge is 0.398 e. The fourth-order valence-electron chi connectivity index (χ4n) is 5.99. The molecule has 0 heterocycles. The maximum atomic E-state index is 6.38. The van der Waals surface area contributed by atoms with E-state index in [9.17, 15) is 0 Å². The van der Waals surface area contributed by atoms with Gasteiger partial charge in [0.25, 0.3) is 0 Å². The molecule has 0 atom stereocenters. The standard InChI is InChI=1S/C40H33N/c1-4-27(5-2)38(41)26-28(6-3)29-22-24-31(25-23-29)39-34-17-9-11-19-36(34)40(37-20-12-10-18-35(37)39)33-21-13-15-30-14-7-8-16-32(30)33/h4-26H,1,41H2,2-3H3/b27-5+,28-6+,38-26-. The molecular formula is C40H33N. The van der Waals surface area contributed by atoms with Crippen LogP contribution >= 0.6 is 0 Å². The molecule has 0 saturated carbocycles. The van der Waals surface area contributed by atoms with Crippen molar-refractivity contribution in [1.82, 2.24) is 0 Å². The molecule has 0 saturated heterocycles. The van der Waals surface area contributed by atoms with E-state index in [1.807, 2.05) is 26.0 Å². The SMILES string of the molecule is C=CC(=C\C)/C(N)=C/C(=C\C)c1ccc(-c2c3ccccc3c(-c3cccc4ccccc34)c3ccccc23)cc1. The summed E-state index contributed by atoms with van der Waals surface area (Å²) in [4.78, 5) is 0. The second-order valence-electron chi connectivity index (χ2n) is 10.2. The average Bonchev–Trinajstić information content (AvgIpc) is 3.03. The van der Waals surface area contributed by atoms with Gasteiger partial charge >= 0.3 is 0 Å². The van der Waals surface area contributed by atoms with Gasteiger partial charge in [0.15, 0.2) is 0 Å². The van der Waals surface area contributed by atoms with E-state index in [0.29, 0.717) is 5.70 Å². The molecule has 0 aromatic heterocycles. The quantitative estimate of drug-likeness (QED) is 0.169. The number of nitrogens with two attached hydrogens (primary N) is 1. The Balaban J connectivity index is 1.57. The van der Waals surface area contributed by atoms with E-state index >= 15 is 0 Å². The summed E-state index contributed by atoms with van der Waals surface area (Å²) in [5, 5.41) is 7.54. The third kappa shape index (κ3) is 4.66. The highest BCUT2D eigenvalue weighted by Crippen LogP contribution is 2.45. The van der Waals surface area contributed by atoms with Crippen molar-refractivity contribution < 1.29 is 0 Å². The van der Waals surface area contributed by atoms with Gasteiger partial charge in [0.05, 0.1) is 0 Å². The third-order valence-corrected chi connectivity index (χ3v) is 7.98. The highest BCUT2D eigenvalue weighted by Gasteiger charge is 2.17. The van der Waals surface area contributed by atoms with Crippen LogP contribution in [0.25, 0.3) is 60.1 Å². The van der Waals surface area contributed by atoms with E-state index in [4.69, 9.17) is 5.73 Å². The summed E-state index contributed by atoms with van der Waals surface area (Å²) in [7, 11) is 0. The van der Waals surface area contributed by atoms with Crippen LogP contribution in [0, 0.1) is 0 Å². The average molecular weight is 528 g/mol. The van der Waals surface area contributed by atoms with Crippen molar-refractivity contribution in [3.05, 3.63) is 163 Å². The van der Waals surface area contributed by atoms with E-state index in [-0.39, 0.29) is 0 Å². The second kappa shape index (κ2) is 11.2. The highest BCUT2D eigenvalue weighted by atomic mass is 14.6. The minimum absolute atomic E-state index is 0.709. The Morgan fingerprint density at radius 3 is 1.68 bits per heavy atom. The zero-order chi connectivity index (χ0) is 28.3. The molecule has 0 amide bonds. The molecule has 1 heteroatoms. The van der Waals surface area contributed by atoms with Gasteiger partial charge in [-0.3, -0.25) is 0 Å². The lowest BCUT2D eigenvalue weighted by atomic mass is 9.84. The molecule has 0 bridgehead atoms. The fraction of sp³-hybridized carbons (Fsp3) is 0.0500. The van der Waals surface area contributed by atoms with E-state index < -0.39 is 0 Å². The summed E-state index contributed by atoms with van der Waals surface area (Å²) < 4.78 is 0. The van der Waals surface area contributed by atoms with Crippen molar-refractivity contribution in [3.63, 3.8) is 0 Å². The van der Waals surface area contributed by atoms with Gasteiger partial charge in [0, 0.05) is 5.70 Å². The lowest BCUT2D eigenvalue weighted by Crippen LogP contribution is -2.00. The molecular weight excluding hydrogens is 494 g/mol. The molecule has 0 unspecified atom stereocenters. The van der Waals surface area contributed by atoms with E-state index in [1.54, 1.807) is 6.08 Å². The Labute approximate surface area is 242 Å². The minimum atomic E-state index is 0.709. The maximum Gasteiger partial charge on any atom is 0.0390 e. The molecule has 41 heavy (non-hydrogen) atoms. The van der Waals surface area contributed by atoms with Crippen LogP contribution in [0.15, 0.2) is 157 Å². The van der Waals surface area contributed by atoms with Gasteiger partial charge in [0.2, 0.25) is 0 Å². The van der Waals surface area contributed by atoms with Crippen LogP contribution in [0.1, 0.15) is 19.4 Å². The van der Waals surface area contributed by atoms with Crippen molar-refractivity contribution >= 4 is 37.9 Å². The molecule has 2 N–H and O–H groups in total. The van der Waals surface area contributed by atoms with Crippen molar-refractivity contribution in [3.8, 4) is 22.3 Å². The molecule has 0 spiro atoms. The molecule has 0 aliphatic carbocycles. The van der Waals surface area contributed by atoms with E-state index in [1.165, 1.54) is 54.6 Å². The van der Waals surface area contributed by atoms with Gasteiger partial charge in [-0.1, -0.05) is 140 Å². The number of hydrogen-bond donors (Lipinski definition) is 1. The molecule has 198 valence electrons. The predicted octanol–water partition coefficient (Wildman–Crippen LogP) is 10.9. The highest BCUT2D eigenvalue weighted by molar-refractivity contribution is 6.23. The second-order valence-corrected chi connectivity index (χ2v) is 10.2. The van der Waals surface area contributed by atoms with Crippen molar-refractivity contribution in [1.29, 1.82) is 0 Å². The number of fused-ring (bicyclic) bond motifs is 3. The summed E-state index contributed by atoms with van der Waals surface area (Å²) in [6.45, 7) is 7.90. The number of allylic oxidation sites excluding steroid dienone is 5. The Bertz CT molecular complexity index is 1950. The molecule has 6 aromatic carbocycles. The van der Waals surface area contributed by atoms with Crippen LogP contribution in [0.3, 0.4) is 0 Å². The summed E-state index contributed by atoms with van der Waals surface area (Å²) in [5.74, 6) is 0. The predicted molar refractivity (Wildman–Crippen MR) is 180 cm³/mol. The lowest BCUT2D eigenvalue weighted by molar-refractivity contribution is 1.34. The summed E-state index contributed by atoms with van der Waals surface area (Å²) in [6.07, 6.45) is 7.89.